The molecule has 17 heavy (non-hydrogen) atoms. The first-order valence-corrected chi connectivity index (χ1v) is 4.41. The molecule has 0 amide bonds. The molecule has 0 atom stereocenters. The lowest BCUT2D eigenvalue weighted by molar-refractivity contribution is -0.0979. The lowest BCUT2D eigenvalue weighted by atomic mass is 10.5. The summed E-state index contributed by atoms with van der Waals surface area (Å²) in [5.41, 5.74) is 0. The van der Waals surface area contributed by atoms with Gasteiger partial charge in [-0.25, -0.2) is 0 Å². The number of allylic oxidation sites excluding steroid dienone is 6. The molecule has 0 aromatic rings. The summed E-state index contributed by atoms with van der Waals surface area (Å²) in [6.07, 6.45) is 18.6. The van der Waals surface area contributed by atoms with E-state index in [4.69, 9.17) is 4.79 Å². The minimum Gasteiger partial charge on any atom is -0.307 e. The van der Waals surface area contributed by atoms with Crippen molar-refractivity contribution in [2.75, 3.05) is 0 Å². The third-order valence-corrected chi connectivity index (χ3v) is 0.495. The minimum absolute atomic E-state index is 0. The zero-order valence-electron chi connectivity index (χ0n) is 10.6. The van der Waals surface area contributed by atoms with Crippen molar-refractivity contribution in [2.45, 2.75) is 21.3 Å². The number of rotatable bonds is 2. The number of hydrogen-bond donors (Lipinski definition) is 0. The van der Waals surface area contributed by atoms with E-state index in [1.165, 1.54) is 0 Å². The highest BCUT2D eigenvalue weighted by atomic mass is 16.1. The van der Waals surface area contributed by atoms with Gasteiger partial charge in [-0.2, -0.15) is 0 Å². The highest BCUT2D eigenvalue weighted by molar-refractivity contribution is 5.11. The normalized spacial score (nSPS) is 4.94. The van der Waals surface area contributed by atoms with Gasteiger partial charge in [-0.05, 0) is 13.8 Å². The molecule has 0 rings (SSSR count). The van der Waals surface area contributed by atoms with Gasteiger partial charge in [0.1, 0.15) is 6.79 Å². The molecule has 0 aliphatic carbocycles. The SMILES string of the molecule is C.C#C.C=C/C=C/C.C=CC.C=CC=C.C=O. The zero-order valence-corrected chi connectivity index (χ0v) is 10.6. The monoisotopic (exact) mass is 236 g/mol. The lowest BCUT2D eigenvalue weighted by Gasteiger charge is -1.56. The van der Waals surface area contributed by atoms with Crippen molar-refractivity contribution < 1.29 is 4.79 Å². The second-order valence-corrected chi connectivity index (χ2v) is 1.64. The van der Waals surface area contributed by atoms with Crippen LogP contribution in [0.5, 0.6) is 0 Å². The maximum absolute atomic E-state index is 8.00. The average molecular weight is 236 g/mol. The Morgan fingerprint density at radius 3 is 1.06 bits per heavy atom. The van der Waals surface area contributed by atoms with Gasteiger partial charge in [0.2, 0.25) is 0 Å². The van der Waals surface area contributed by atoms with Gasteiger partial charge in [0, 0.05) is 0 Å². The van der Waals surface area contributed by atoms with Crippen molar-refractivity contribution in [1.29, 1.82) is 0 Å². The van der Waals surface area contributed by atoms with E-state index in [0.29, 0.717) is 0 Å². The molecule has 0 heterocycles. The fourth-order valence-corrected chi connectivity index (χ4v) is 0.136. The number of hydrogen-bond acceptors (Lipinski definition) is 1. The van der Waals surface area contributed by atoms with Crippen molar-refractivity contribution in [2.24, 2.45) is 0 Å². The Bertz CT molecular complexity index is 167. The average Bonchev–Trinajstić information content (AvgIpc) is 2.36. The van der Waals surface area contributed by atoms with Crippen LogP contribution in [-0.4, -0.2) is 6.79 Å². The number of terminal acetylenes is 1. The van der Waals surface area contributed by atoms with E-state index in [-0.39, 0.29) is 7.43 Å². The predicted octanol–water partition coefficient (Wildman–Crippen LogP) is 5.00. The molecule has 0 aliphatic rings. The Hall–Kier alpha value is -2.07. The van der Waals surface area contributed by atoms with E-state index in [2.05, 4.69) is 39.2 Å². The molecule has 98 valence electrons. The van der Waals surface area contributed by atoms with Gasteiger partial charge in [0.25, 0.3) is 0 Å². The van der Waals surface area contributed by atoms with Gasteiger partial charge in [0.15, 0.2) is 0 Å². The minimum atomic E-state index is 0. The maximum Gasteiger partial charge on any atom is 0.106 e. The molecular weight excluding hydrogens is 208 g/mol. The van der Waals surface area contributed by atoms with Crippen LogP contribution in [0.2, 0.25) is 0 Å². The third kappa shape index (κ3) is 2290. The molecule has 0 aliphatic heterocycles. The van der Waals surface area contributed by atoms with Gasteiger partial charge in [-0.15, -0.1) is 19.4 Å². The lowest BCUT2D eigenvalue weighted by Crippen LogP contribution is -1.33. The number of carbonyl (C=O) groups is 1. The highest BCUT2D eigenvalue weighted by Gasteiger charge is 1.42. The smallest absolute Gasteiger partial charge is 0.106 e. The van der Waals surface area contributed by atoms with Crippen LogP contribution >= 0.6 is 0 Å². The summed E-state index contributed by atoms with van der Waals surface area (Å²) in [4.78, 5) is 8.00. The molecular formula is C16H28O. The molecule has 0 unspecified atom stereocenters. The molecule has 0 bridgehead atoms. The van der Waals surface area contributed by atoms with Crippen LogP contribution in [-0.2, 0) is 4.79 Å². The van der Waals surface area contributed by atoms with Gasteiger partial charge in [-0.3, -0.25) is 0 Å². The standard InChI is InChI=1S/C5H8.C4H6.C3H6.C2H2.CH2O.CH4/c1-3-5-4-2;1-3-4-2;1-3-2;2*1-2;/h3-5H,1H2,2H3;3-4H,1-2H2;3H,1H2,2H3;1-2H;1H2;1H4/b5-4+;;;;;. The molecule has 0 aromatic heterocycles. The predicted molar refractivity (Wildman–Crippen MR) is 85.0 cm³/mol. The maximum atomic E-state index is 8.00. The first kappa shape index (κ1) is 36.3. The third-order valence-electron chi connectivity index (χ3n) is 0.495. The van der Waals surface area contributed by atoms with Crippen LogP contribution in [0.4, 0.5) is 0 Å². The van der Waals surface area contributed by atoms with Gasteiger partial charge < -0.3 is 4.79 Å². The molecule has 0 spiro atoms. The van der Waals surface area contributed by atoms with E-state index >= 15 is 0 Å². The second kappa shape index (κ2) is 151. The van der Waals surface area contributed by atoms with Crippen molar-refractivity contribution in [1.82, 2.24) is 0 Å². The molecule has 0 aromatic carbocycles. The van der Waals surface area contributed by atoms with E-state index in [9.17, 15) is 0 Å². The van der Waals surface area contributed by atoms with Crippen molar-refractivity contribution in [3.8, 4) is 12.8 Å². The summed E-state index contributed by atoms with van der Waals surface area (Å²) in [5, 5.41) is 0. The van der Waals surface area contributed by atoms with Crippen LogP contribution in [0.1, 0.15) is 21.3 Å². The van der Waals surface area contributed by atoms with Crippen molar-refractivity contribution in [3.05, 3.63) is 62.8 Å². The summed E-state index contributed by atoms with van der Waals surface area (Å²) in [5.74, 6) is 0. The Morgan fingerprint density at radius 2 is 1.06 bits per heavy atom. The molecule has 1 nitrogen and oxygen atoms in total. The topological polar surface area (TPSA) is 17.1 Å². The van der Waals surface area contributed by atoms with Crippen molar-refractivity contribution >= 4 is 6.79 Å². The summed E-state index contributed by atoms with van der Waals surface area (Å²) in [7, 11) is 0. The van der Waals surface area contributed by atoms with Crippen LogP contribution in [0.3, 0.4) is 0 Å². The summed E-state index contributed by atoms with van der Waals surface area (Å²) < 4.78 is 0. The van der Waals surface area contributed by atoms with Gasteiger partial charge >= 0.3 is 0 Å². The van der Waals surface area contributed by atoms with E-state index in [1.54, 1.807) is 24.3 Å². The summed E-state index contributed by atoms with van der Waals surface area (Å²) >= 11 is 0. The number of carbonyl (C=O) groups excluding carboxylic acids is 1. The molecule has 0 radical (unpaired) electrons. The quantitative estimate of drug-likeness (QED) is 0.374. The second-order valence-electron chi connectivity index (χ2n) is 1.64. The fourth-order valence-electron chi connectivity index (χ4n) is 0.136. The Balaban J connectivity index is -0.0000000231. The first-order valence-electron chi connectivity index (χ1n) is 4.41. The van der Waals surface area contributed by atoms with E-state index < -0.39 is 0 Å². The molecule has 0 saturated heterocycles. The molecule has 0 saturated carbocycles. The van der Waals surface area contributed by atoms with Crippen LogP contribution < -0.4 is 0 Å². The van der Waals surface area contributed by atoms with Gasteiger partial charge in [0.05, 0.1) is 0 Å². The van der Waals surface area contributed by atoms with Crippen LogP contribution in [0.15, 0.2) is 62.8 Å². The zero-order chi connectivity index (χ0) is 14.2. The summed E-state index contributed by atoms with van der Waals surface area (Å²) in [6.45, 7) is 19.4. The van der Waals surface area contributed by atoms with Crippen LogP contribution in [0.25, 0.3) is 0 Å². The van der Waals surface area contributed by atoms with Gasteiger partial charge in [-0.1, -0.05) is 63.6 Å². The highest BCUT2D eigenvalue weighted by Crippen LogP contribution is 1.64. The Kier molecular flexibility index (Phi) is 322. The Morgan fingerprint density at radius 1 is 0.824 bits per heavy atom. The van der Waals surface area contributed by atoms with E-state index in [0.717, 1.165) is 0 Å². The Labute approximate surface area is 109 Å². The van der Waals surface area contributed by atoms with Crippen molar-refractivity contribution in [3.63, 3.8) is 0 Å². The molecule has 0 N–H and O–H groups in total. The largest absolute Gasteiger partial charge is 0.307 e. The molecule has 1 heteroatoms. The van der Waals surface area contributed by atoms with Crippen LogP contribution in [0, 0.1) is 12.8 Å². The summed E-state index contributed by atoms with van der Waals surface area (Å²) in [6, 6.07) is 0. The first-order chi connectivity index (χ1) is 7.74. The molecule has 0 fully saturated rings. The van der Waals surface area contributed by atoms with E-state index in [1.807, 2.05) is 32.8 Å². The fraction of sp³-hybridized carbons (Fsp3) is 0.188.